The van der Waals surface area contributed by atoms with Crippen LogP contribution in [0.3, 0.4) is 0 Å². The fraction of sp³-hybridized carbons (Fsp3) is 0.500. The molecule has 5 nitrogen and oxygen atoms in total. The Morgan fingerprint density at radius 2 is 1.90 bits per heavy atom. The minimum atomic E-state index is -3.77. The number of nitrogens with one attached hydrogen (secondary N) is 1. The predicted octanol–water partition coefficient (Wildman–Crippen LogP) is 1.62. The SMILES string of the molecule is Cc1ccc(S(=O)(=O)OC[C@@H]2CC(C)(C)C(=O)N2)cc1. The van der Waals surface area contributed by atoms with Crippen molar-refractivity contribution >= 4 is 16.0 Å². The molecule has 1 N–H and O–H groups in total. The summed E-state index contributed by atoms with van der Waals surface area (Å²) in [7, 11) is -3.77. The number of amides is 1. The highest BCUT2D eigenvalue weighted by atomic mass is 32.2. The van der Waals surface area contributed by atoms with E-state index in [2.05, 4.69) is 5.32 Å². The van der Waals surface area contributed by atoms with E-state index in [1.165, 1.54) is 12.1 Å². The Morgan fingerprint density at radius 1 is 1.30 bits per heavy atom. The van der Waals surface area contributed by atoms with E-state index in [0.29, 0.717) is 6.42 Å². The van der Waals surface area contributed by atoms with Gasteiger partial charge in [0.25, 0.3) is 10.1 Å². The molecule has 0 saturated carbocycles. The third-order valence-electron chi connectivity index (χ3n) is 3.44. The molecule has 1 aliphatic rings. The molecule has 0 aromatic heterocycles. The van der Waals surface area contributed by atoms with Gasteiger partial charge in [-0.05, 0) is 25.5 Å². The molecule has 0 bridgehead atoms. The molecule has 1 aromatic carbocycles. The number of rotatable bonds is 4. The van der Waals surface area contributed by atoms with Crippen molar-refractivity contribution in [3.05, 3.63) is 29.8 Å². The summed E-state index contributed by atoms with van der Waals surface area (Å²) in [5, 5.41) is 2.75. The molecule has 0 unspecified atom stereocenters. The van der Waals surface area contributed by atoms with Gasteiger partial charge in [-0.1, -0.05) is 31.5 Å². The summed E-state index contributed by atoms with van der Waals surface area (Å²) >= 11 is 0. The molecule has 1 saturated heterocycles. The number of hydrogen-bond acceptors (Lipinski definition) is 4. The van der Waals surface area contributed by atoms with E-state index < -0.39 is 15.5 Å². The van der Waals surface area contributed by atoms with Gasteiger partial charge >= 0.3 is 0 Å². The zero-order chi connectivity index (χ0) is 15.0. The highest BCUT2D eigenvalue weighted by molar-refractivity contribution is 7.86. The summed E-state index contributed by atoms with van der Waals surface area (Å²) in [6.45, 7) is 5.51. The van der Waals surface area contributed by atoms with Gasteiger partial charge in [-0.3, -0.25) is 8.98 Å². The smallest absolute Gasteiger partial charge is 0.297 e. The van der Waals surface area contributed by atoms with Crippen molar-refractivity contribution in [1.82, 2.24) is 5.32 Å². The van der Waals surface area contributed by atoms with Crippen LogP contribution in [0.2, 0.25) is 0 Å². The molecule has 110 valence electrons. The molecule has 0 spiro atoms. The summed E-state index contributed by atoms with van der Waals surface area (Å²) in [5.74, 6) is -0.0705. The number of carbonyl (C=O) groups is 1. The first-order valence-electron chi connectivity index (χ1n) is 6.48. The zero-order valence-electron chi connectivity index (χ0n) is 11.8. The maximum Gasteiger partial charge on any atom is 0.297 e. The van der Waals surface area contributed by atoms with E-state index in [1.54, 1.807) is 12.1 Å². The average molecular weight is 297 g/mol. The average Bonchev–Trinajstić information content (AvgIpc) is 2.61. The van der Waals surface area contributed by atoms with Crippen molar-refractivity contribution in [2.45, 2.75) is 38.1 Å². The van der Waals surface area contributed by atoms with E-state index in [0.717, 1.165) is 5.56 Å². The second kappa shape index (κ2) is 5.18. The van der Waals surface area contributed by atoms with E-state index in [4.69, 9.17) is 4.18 Å². The molecule has 1 aliphatic heterocycles. The molecule has 1 aromatic rings. The number of benzene rings is 1. The van der Waals surface area contributed by atoms with Crippen LogP contribution in [0.15, 0.2) is 29.2 Å². The van der Waals surface area contributed by atoms with Crippen LogP contribution in [0.4, 0.5) is 0 Å². The molecule has 1 heterocycles. The Labute approximate surface area is 119 Å². The topological polar surface area (TPSA) is 72.5 Å². The second-order valence-corrected chi connectivity index (χ2v) is 7.43. The van der Waals surface area contributed by atoms with Crippen LogP contribution in [0, 0.1) is 12.3 Å². The molecule has 2 rings (SSSR count). The Morgan fingerprint density at radius 3 is 2.40 bits per heavy atom. The maximum absolute atomic E-state index is 12.0. The first-order chi connectivity index (χ1) is 9.21. The van der Waals surface area contributed by atoms with Gasteiger partial charge in [0.15, 0.2) is 0 Å². The minimum Gasteiger partial charge on any atom is -0.350 e. The molecule has 0 radical (unpaired) electrons. The summed E-state index contributed by atoms with van der Waals surface area (Å²) in [5.41, 5.74) is 0.510. The molecule has 6 heteroatoms. The first kappa shape index (κ1) is 15.0. The second-order valence-electron chi connectivity index (χ2n) is 5.81. The van der Waals surface area contributed by atoms with Crippen LogP contribution < -0.4 is 5.32 Å². The van der Waals surface area contributed by atoms with Crippen LogP contribution in [-0.4, -0.2) is 27.0 Å². The van der Waals surface area contributed by atoms with Crippen LogP contribution in [0.5, 0.6) is 0 Å². The third kappa shape index (κ3) is 3.19. The van der Waals surface area contributed by atoms with Gasteiger partial charge in [0, 0.05) is 5.41 Å². The standard InChI is InChI=1S/C14H19NO4S/c1-10-4-6-12(7-5-10)20(17,18)19-9-11-8-14(2,3)13(16)15-11/h4-7,11H,8-9H2,1-3H3,(H,15,16)/t11-/m0/s1. The molecule has 1 amide bonds. The summed E-state index contributed by atoms with van der Waals surface area (Å²) in [6.07, 6.45) is 0.565. The molecular formula is C14H19NO4S. The summed E-state index contributed by atoms with van der Waals surface area (Å²) < 4.78 is 29.1. The van der Waals surface area contributed by atoms with Gasteiger partial charge in [0.1, 0.15) is 0 Å². The lowest BCUT2D eigenvalue weighted by Crippen LogP contribution is -2.32. The van der Waals surface area contributed by atoms with Crippen LogP contribution >= 0.6 is 0 Å². The Hall–Kier alpha value is -1.40. The van der Waals surface area contributed by atoms with Gasteiger partial charge in [0.2, 0.25) is 5.91 Å². The Bertz CT molecular complexity index is 605. The monoisotopic (exact) mass is 297 g/mol. The van der Waals surface area contributed by atoms with Crippen molar-refractivity contribution in [2.24, 2.45) is 5.41 Å². The Balaban J connectivity index is 2.00. The molecule has 20 heavy (non-hydrogen) atoms. The molecule has 1 fully saturated rings. The number of hydrogen-bond donors (Lipinski definition) is 1. The van der Waals surface area contributed by atoms with Gasteiger partial charge < -0.3 is 5.32 Å². The van der Waals surface area contributed by atoms with E-state index in [1.807, 2.05) is 20.8 Å². The summed E-state index contributed by atoms with van der Waals surface area (Å²) in [4.78, 5) is 11.8. The normalized spacial score (nSPS) is 21.8. The Kier molecular flexibility index (Phi) is 3.88. The van der Waals surface area contributed by atoms with E-state index >= 15 is 0 Å². The van der Waals surface area contributed by atoms with Gasteiger partial charge in [-0.25, -0.2) is 0 Å². The fourth-order valence-electron chi connectivity index (χ4n) is 2.19. The van der Waals surface area contributed by atoms with Crippen LogP contribution in [-0.2, 0) is 19.1 Å². The number of carbonyl (C=O) groups excluding carboxylic acids is 1. The lowest BCUT2D eigenvalue weighted by molar-refractivity contribution is -0.126. The van der Waals surface area contributed by atoms with Crippen LogP contribution in [0.1, 0.15) is 25.8 Å². The minimum absolute atomic E-state index is 0.0363. The number of aryl methyl sites for hydroxylation is 1. The lowest BCUT2D eigenvalue weighted by atomic mass is 9.90. The first-order valence-corrected chi connectivity index (χ1v) is 7.89. The van der Waals surface area contributed by atoms with Crippen molar-refractivity contribution < 1.29 is 17.4 Å². The van der Waals surface area contributed by atoms with Crippen molar-refractivity contribution in [2.75, 3.05) is 6.61 Å². The van der Waals surface area contributed by atoms with E-state index in [9.17, 15) is 13.2 Å². The zero-order valence-corrected chi connectivity index (χ0v) is 12.7. The largest absolute Gasteiger partial charge is 0.350 e. The van der Waals surface area contributed by atoms with Gasteiger partial charge in [-0.2, -0.15) is 8.42 Å². The quantitative estimate of drug-likeness (QED) is 0.857. The van der Waals surface area contributed by atoms with Crippen molar-refractivity contribution in [3.63, 3.8) is 0 Å². The maximum atomic E-state index is 12.0. The van der Waals surface area contributed by atoms with Crippen molar-refractivity contribution in [1.29, 1.82) is 0 Å². The highest BCUT2D eigenvalue weighted by Gasteiger charge is 2.39. The van der Waals surface area contributed by atoms with Gasteiger partial charge in [0.05, 0.1) is 17.5 Å². The highest BCUT2D eigenvalue weighted by Crippen LogP contribution is 2.29. The summed E-state index contributed by atoms with van der Waals surface area (Å²) in [6, 6.07) is 6.20. The molecule has 0 aliphatic carbocycles. The predicted molar refractivity (Wildman–Crippen MR) is 74.6 cm³/mol. The van der Waals surface area contributed by atoms with Crippen LogP contribution in [0.25, 0.3) is 0 Å². The lowest BCUT2D eigenvalue weighted by Gasteiger charge is -2.13. The fourth-order valence-corrected chi connectivity index (χ4v) is 3.13. The van der Waals surface area contributed by atoms with Crippen molar-refractivity contribution in [3.8, 4) is 0 Å². The third-order valence-corrected chi connectivity index (χ3v) is 4.74. The molecular weight excluding hydrogens is 278 g/mol. The van der Waals surface area contributed by atoms with Gasteiger partial charge in [-0.15, -0.1) is 0 Å². The molecule has 1 atom stereocenters. The van der Waals surface area contributed by atoms with E-state index in [-0.39, 0.29) is 23.5 Å².